The van der Waals surface area contributed by atoms with Gasteiger partial charge < -0.3 is 43.0 Å². The molecule has 1 aliphatic heterocycles. The molecule has 0 radical (unpaired) electrons. The van der Waals surface area contributed by atoms with Crippen LogP contribution in [0.3, 0.4) is 0 Å². The van der Waals surface area contributed by atoms with Crippen LogP contribution in [-0.2, 0) is 47.5 Å². The van der Waals surface area contributed by atoms with Gasteiger partial charge in [0.15, 0.2) is 12.6 Å². The number of rotatable bonds is 43. The number of allylic oxidation sites excluding steroid dienone is 8. The third-order valence-electron chi connectivity index (χ3n) is 10.7. The number of carbonyl (C=O) groups excluding carboxylic acids is 3. The minimum atomic E-state index is -0.529. The van der Waals surface area contributed by atoms with E-state index in [1.165, 1.54) is 0 Å². The number of likely N-dealkylation sites (N-methyl/N-ethyl adjacent to an activating group) is 1. The molecule has 0 spiro atoms. The van der Waals surface area contributed by atoms with Crippen LogP contribution in [0.5, 0.6) is 0 Å². The summed E-state index contributed by atoms with van der Waals surface area (Å²) in [5.74, 6) is -1.69. The van der Waals surface area contributed by atoms with Crippen LogP contribution in [0.2, 0.25) is 0 Å². The Morgan fingerprint density at radius 3 is 1.11 bits per heavy atom. The van der Waals surface area contributed by atoms with Gasteiger partial charge in [-0.3, -0.25) is 14.4 Å². The SMILES string of the molecule is CC/C=C\CCCCOC(CCC(=O)OCC(COC(=O)CCC(OCCCC/C=C\CC)OCCCC/C=C\CC)COC(=O)CCN1CCN(C)CC1)OCCCC/C=C\CC. The lowest BCUT2D eigenvalue weighted by molar-refractivity contribution is -0.164. The average molecular weight is 905 g/mol. The largest absolute Gasteiger partial charge is 0.465 e. The zero-order valence-corrected chi connectivity index (χ0v) is 41.2. The molecule has 1 heterocycles. The van der Waals surface area contributed by atoms with Gasteiger partial charge in [-0.2, -0.15) is 0 Å². The molecule has 1 rings (SSSR count). The quantitative estimate of drug-likeness (QED) is 0.0190. The van der Waals surface area contributed by atoms with Gasteiger partial charge in [0, 0.05) is 72.0 Å². The molecule has 0 aliphatic carbocycles. The second kappa shape index (κ2) is 44.0. The summed E-state index contributed by atoms with van der Waals surface area (Å²) in [7, 11) is 2.10. The van der Waals surface area contributed by atoms with Gasteiger partial charge >= 0.3 is 17.9 Å². The van der Waals surface area contributed by atoms with Crippen molar-refractivity contribution in [1.29, 1.82) is 0 Å². The summed E-state index contributed by atoms with van der Waals surface area (Å²) in [4.78, 5) is 43.6. The molecule has 1 fully saturated rings. The van der Waals surface area contributed by atoms with Crippen molar-refractivity contribution in [3.8, 4) is 0 Å². The van der Waals surface area contributed by atoms with Crippen molar-refractivity contribution in [2.75, 3.05) is 86.0 Å². The monoisotopic (exact) mass is 905 g/mol. The first-order valence-corrected chi connectivity index (χ1v) is 25.2. The van der Waals surface area contributed by atoms with E-state index < -0.39 is 30.4 Å². The van der Waals surface area contributed by atoms with Gasteiger partial charge in [-0.15, -0.1) is 0 Å². The van der Waals surface area contributed by atoms with E-state index in [2.05, 4.69) is 93.2 Å². The van der Waals surface area contributed by atoms with Crippen LogP contribution in [0.15, 0.2) is 48.6 Å². The van der Waals surface area contributed by atoms with Gasteiger partial charge in [0.05, 0.1) is 25.2 Å². The van der Waals surface area contributed by atoms with Crippen LogP contribution < -0.4 is 0 Å². The van der Waals surface area contributed by atoms with Crippen LogP contribution >= 0.6 is 0 Å². The predicted octanol–water partition coefficient (Wildman–Crippen LogP) is 10.7. The summed E-state index contributed by atoms with van der Waals surface area (Å²) in [6.45, 7) is 15.0. The molecular formula is C52H92N2O10. The highest BCUT2D eigenvalue weighted by molar-refractivity contribution is 5.70. The van der Waals surface area contributed by atoms with Crippen LogP contribution in [0.25, 0.3) is 0 Å². The van der Waals surface area contributed by atoms with E-state index in [1.54, 1.807) is 0 Å². The lowest BCUT2D eigenvalue weighted by Gasteiger charge is -2.32. The van der Waals surface area contributed by atoms with Crippen LogP contribution in [0.1, 0.15) is 163 Å². The molecule has 0 atom stereocenters. The number of ether oxygens (including phenoxy) is 7. The minimum absolute atomic E-state index is 0.0341. The third-order valence-corrected chi connectivity index (χ3v) is 10.7. The molecule has 0 saturated carbocycles. The van der Waals surface area contributed by atoms with Crippen molar-refractivity contribution in [3.63, 3.8) is 0 Å². The highest BCUT2D eigenvalue weighted by Gasteiger charge is 2.21. The maximum atomic E-state index is 13.1. The van der Waals surface area contributed by atoms with E-state index in [0.717, 1.165) is 129 Å². The Morgan fingerprint density at radius 2 is 0.781 bits per heavy atom. The number of carbonyl (C=O) groups is 3. The van der Waals surface area contributed by atoms with Crippen molar-refractivity contribution in [2.45, 2.75) is 175 Å². The number of esters is 3. The Balaban J connectivity index is 2.79. The Hall–Kier alpha value is -2.87. The Bertz CT molecular complexity index is 1110. The van der Waals surface area contributed by atoms with Gasteiger partial charge in [0.25, 0.3) is 0 Å². The Morgan fingerprint density at radius 1 is 0.453 bits per heavy atom. The van der Waals surface area contributed by atoms with Gasteiger partial charge in [-0.25, -0.2) is 0 Å². The van der Waals surface area contributed by atoms with Gasteiger partial charge in [-0.1, -0.05) is 76.3 Å². The number of nitrogens with zero attached hydrogens (tertiary/aromatic N) is 2. The molecule has 370 valence electrons. The lowest BCUT2D eigenvalue weighted by Crippen LogP contribution is -2.45. The fraction of sp³-hybridized carbons (Fsp3) is 0.788. The summed E-state index contributed by atoms with van der Waals surface area (Å²) < 4.78 is 41.4. The summed E-state index contributed by atoms with van der Waals surface area (Å²) in [5.41, 5.74) is 0. The second-order valence-corrected chi connectivity index (χ2v) is 16.7. The van der Waals surface area contributed by atoms with Gasteiger partial charge in [0.2, 0.25) is 0 Å². The molecular weight excluding hydrogens is 813 g/mol. The molecule has 0 unspecified atom stereocenters. The molecule has 0 aromatic heterocycles. The first-order chi connectivity index (χ1) is 31.3. The number of hydrogen-bond acceptors (Lipinski definition) is 12. The van der Waals surface area contributed by atoms with E-state index in [1.807, 2.05) is 0 Å². The number of unbranched alkanes of at least 4 members (excludes halogenated alkanes) is 8. The van der Waals surface area contributed by atoms with Crippen LogP contribution in [-0.4, -0.2) is 126 Å². The highest BCUT2D eigenvalue weighted by atomic mass is 16.7. The molecule has 0 amide bonds. The number of piperazine rings is 1. The number of hydrogen-bond donors (Lipinski definition) is 0. The van der Waals surface area contributed by atoms with Crippen molar-refractivity contribution in [3.05, 3.63) is 48.6 Å². The second-order valence-electron chi connectivity index (χ2n) is 16.7. The molecule has 0 aromatic carbocycles. The van der Waals surface area contributed by atoms with E-state index in [0.29, 0.717) is 45.8 Å². The molecule has 12 nitrogen and oxygen atoms in total. The smallest absolute Gasteiger partial charge is 0.307 e. The fourth-order valence-corrected chi connectivity index (χ4v) is 6.67. The molecule has 0 bridgehead atoms. The summed E-state index contributed by atoms with van der Waals surface area (Å²) in [6, 6.07) is 0. The van der Waals surface area contributed by atoms with Crippen LogP contribution in [0.4, 0.5) is 0 Å². The van der Waals surface area contributed by atoms with E-state index in [-0.39, 0.29) is 45.1 Å². The van der Waals surface area contributed by atoms with Crippen molar-refractivity contribution < 1.29 is 47.5 Å². The standard InChI is InChI=1S/C52H92N2O10/c1-6-10-14-18-22-26-40-58-51(59-41-27-23-19-15-11-7-2)32-30-48(55)62-44-47(46-64-50(57)34-35-54-38-36-53(5)37-39-54)45-63-49(56)31-33-52(60-42-28-24-20-16-12-8-3)61-43-29-25-21-17-13-9-4/h10-17,47,51-52H,6-9,18-46H2,1-5H3/b14-10-,15-11-,16-12-,17-13-. The molecule has 1 aliphatic rings. The molecule has 0 aromatic rings. The van der Waals surface area contributed by atoms with Gasteiger partial charge in [-0.05, 0) is 110 Å². The molecule has 64 heavy (non-hydrogen) atoms. The predicted molar refractivity (Wildman–Crippen MR) is 258 cm³/mol. The zero-order valence-electron chi connectivity index (χ0n) is 41.2. The minimum Gasteiger partial charge on any atom is -0.465 e. The van der Waals surface area contributed by atoms with Crippen molar-refractivity contribution in [2.24, 2.45) is 5.92 Å². The molecule has 0 N–H and O–H groups in total. The normalized spacial score (nSPS) is 14.2. The fourth-order valence-electron chi connectivity index (χ4n) is 6.67. The van der Waals surface area contributed by atoms with Crippen LogP contribution in [0, 0.1) is 5.92 Å². The van der Waals surface area contributed by atoms with Crippen molar-refractivity contribution >= 4 is 17.9 Å². The highest BCUT2D eigenvalue weighted by Crippen LogP contribution is 2.14. The third kappa shape index (κ3) is 37.4. The zero-order chi connectivity index (χ0) is 46.6. The summed E-state index contributed by atoms with van der Waals surface area (Å²) >= 11 is 0. The maximum absolute atomic E-state index is 13.1. The molecule has 12 heteroatoms. The van der Waals surface area contributed by atoms with E-state index in [4.69, 9.17) is 33.2 Å². The summed E-state index contributed by atoms with van der Waals surface area (Å²) in [5, 5.41) is 0. The topological polar surface area (TPSA) is 122 Å². The maximum Gasteiger partial charge on any atom is 0.307 e. The Kier molecular flexibility index (Phi) is 40.7. The lowest BCUT2D eigenvalue weighted by atomic mass is 10.2. The molecule has 1 saturated heterocycles. The summed E-state index contributed by atoms with van der Waals surface area (Å²) in [6.07, 6.45) is 33.6. The van der Waals surface area contributed by atoms with Gasteiger partial charge in [0.1, 0.15) is 19.8 Å². The van der Waals surface area contributed by atoms with E-state index in [9.17, 15) is 14.4 Å². The first kappa shape index (κ1) is 59.1. The average Bonchev–Trinajstić information content (AvgIpc) is 3.30. The first-order valence-electron chi connectivity index (χ1n) is 25.2. The Labute approximate surface area is 389 Å². The van der Waals surface area contributed by atoms with E-state index >= 15 is 0 Å². The van der Waals surface area contributed by atoms with Crippen molar-refractivity contribution in [1.82, 2.24) is 9.80 Å².